The van der Waals surface area contributed by atoms with Gasteiger partial charge in [-0.3, -0.25) is 0 Å². The second-order valence-corrected chi connectivity index (χ2v) is 8.55. The van der Waals surface area contributed by atoms with Gasteiger partial charge in [0, 0.05) is 30.5 Å². The number of nitrogens with zero attached hydrogens (tertiary/aromatic N) is 1. The van der Waals surface area contributed by atoms with Gasteiger partial charge in [0.2, 0.25) is 10.0 Å². The third kappa shape index (κ3) is 4.59. The molecule has 0 fully saturated rings. The molecule has 1 aliphatic heterocycles. The zero-order valence-electron chi connectivity index (χ0n) is 13.9. The molecule has 0 saturated carbocycles. The molecule has 0 saturated heterocycles. The van der Waals surface area contributed by atoms with Gasteiger partial charge < -0.3 is 14.2 Å². The fourth-order valence-corrected chi connectivity index (χ4v) is 4.69. The average Bonchev–Trinajstić information content (AvgIpc) is 2.99. The van der Waals surface area contributed by atoms with Crippen LogP contribution in [0, 0.1) is 0 Å². The molecule has 23 heavy (non-hydrogen) atoms. The lowest BCUT2D eigenvalue weighted by Crippen LogP contribution is -2.38. The van der Waals surface area contributed by atoms with Crippen LogP contribution in [0.5, 0.6) is 11.5 Å². The Morgan fingerprint density at radius 2 is 2.04 bits per heavy atom. The summed E-state index contributed by atoms with van der Waals surface area (Å²) in [4.78, 5) is 0. The summed E-state index contributed by atoms with van der Waals surface area (Å²) in [5, 5.41) is 3.36. The van der Waals surface area contributed by atoms with Crippen molar-refractivity contribution < 1.29 is 22.6 Å². The van der Waals surface area contributed by atoms with E-state index < -0.39 is 15.3 Å². The van der Waals surface area contributed by atoms with Crippen molar-refractivity contribution in [3.63, 3.8) is 0 Å². The second-order valence-electron chi connectivity index (χ2n) is 5.45. The highest BCUT2D eigenvalue weighted by molar-refractivity contribution is 7.89. The van der Waals surface area contributed by atoms with Gasteiger partial charge in [0.1, 0.15) is 6.61 Å². The molecule has 2 rings (SSSR count). The van der Waals surface area contributed by atoms with E-state index in [9.17, 15) is 8.42 Å². The van der Waals surface area contributed by atoms with E-state index in [0.717, 1.165) is 11.5 Å². The predicted molar refractivity (Wildman–Crippen MR) is 91.0 cm³/mol. The highest BCUT2D eigenvalue weighted by atomic mass is 32.2. The van der Waals surface area contributed by atoms with Crippen molar-refractivity contribution in [2.24, 2.45) is 0 Å². The van der Waals surface area contributed by atoms with Crippen LogP contribution in [0.15, 0.2) is 10.8 Å². The van der Waals surface area contributed by atoms with E-state index in [1.807, 2.05) is 24.6 Å². The van der Waals surface area contributed by atoms with Crippen LogP contribution >= 0.6 is 11.3 Å². The van der Waals surface area contributed by atoms with Gasteiger partial charge in [-0.05, 0) is 13.3 Å². The molecule has 0 N–H and O–H groups in total. The molecule has 2 unspecified atom stereocenters. The highest BCUT2D eigenvalue weighted by Crippen LogP contribution is 2.35. The molecule has 1 aromatic heterocycles. The van der Waals surface area contributed by atoms with Gasteiger partial charge in [0.05, 0.1) is 11.9 Å². The normalized spacial score (nSPS) is 19.0. The maximum absolute atomic E-state index is 12.3. The summed E-state index contributed by atoms with van der Waals surface area (Å²) in [6, 6.07) is 0. The van der Waals surface area contributed by atoms with Crippen LogP contribution in [-0.2, 0) is 14.8 Å². The molecular weight excluding hydrogens is 338 g/mol. The van der Waals surface area contributed by atoms with E-state index in [-0.39, 0.29) is 6.10 Å². The molecule has 0 aromatic carbocycles. The molecule has 0 bridgehead atoms. The van der Waals surface area contributed by atoms with Crippen LogP contribution in [0.3, 0.4) is 0 Å². The molecule has 6 nitrogen and oxygen atoms in total. The molecule has 0 amide bonds. The summed E-state index contributed by atoms with van der Waals surface area (Å²) in [5.41, 5.74) is 0. The van der Waals surface area contributed by atoms with E-state index in [1.165, 1.54) is 15.6 Å². The number of hydrogen-bond donors (Lipinski definition) is 0. The predicted octanol–water partition coefficient (Wildman–Crippen LogP) is 2.35. The van der Waals surface area contributed by atoms with Crippen LogP contribution in [0.25, 0.3) is 0 Å². The quantitative estimate of drug-likeness (QED) is 0.630. The Morgan fingerprint density at radius 3 is 2.74 bits per heavy atom. The molecule has 2 atom stereocenters. The van der Waals surface area contributed by atoms with Gasteiger partial charge in [-0.2, -0.15) is 0 Å². The van der Waals surface area contributed by atoms with E-state index in [1.54, 1.807) is 6.92 Å². The topological polar surface area (TPSA) is 65.1 Å². The van der Waals surface area contributed by atoms with Crippen molar-refractivity contribution >= 4 is 21.4 Å². The first kappa shape index (κ1) is 18.5. The SMILES string of the molecule is CCN(CC)S(=O)(=O)C(C)CCOCC1COc2cscc2O1. The first-order valence-corrected chi connectivity index (χ1v) is 10.4. The zero-order valence-corrected chi connectivity index (χ0v) is 15.5. The standard InChI is InChI=1S/C15H25NO5S2/c1-4-16(5-2)23(17,18)12(3)6-7-19-8-13-9-20-14-10-22-11-15(14)21-13/h10-13H,4-9H2,1-3H3. The third-order valence-corrected chi connectivity index (χ3v) is 7.05. The lowest BCUT2D eigenvalue weighted by Gasteiger charge is -2.25. The van der Waals surface area contributed by atoms with Crippen molar-refractivity contribution in [1.29, 1.82) is 0 Å². The average molecular weight is 364 g/mol. The Labute approximate surface area is 142 Å². The maximum atomic E-state index is 12.3. The number of rotatable bonds is 9. The van der Waals surface area contributed by atoms with Gasteiger partial charge >= 0.3 is 0 Å². The Hall–Kier alpha value is -0.830. The maximum Gasteiger partial charge on any atom is 0.216 e. The summed E-state index contributed by atoms with van der Waals surface area (Å²) in [5.74, 6) is 1.54. The number of thiophene rings is 1. The molecule has 132 valence electrons. The van der Waals surface area contributed by atoms with Crippen molar-refractivity contribution in [1.82, 2.24) is 4.31 Å². The van der Waals surface area contributed by atoms with Crippen LogP contribution in [-0.4, -0.2) is 57.0 Å². The first-order valence-electron chi connectivity index (χ1n) is 7.91. The van der Waals surface area contributed by atoms with Gasteiger partial charge in [0.15, 0.2) is 17.6 Å². The van der Waals surface area contributed by atoms with Crippen molar-refractivity contribution in [3.05, 3.63) is 10.8 Å². The lowest BCUT2D eigenvalue weighted by atomic mass is 10.3. The molecule has 1 aliphatic rings. The third-order valence-electron chi connectivity index (χ3n) is 3.86. The van der Waals surface area contributed by atoms with Crippen LogP contribution in [0.2, 0.25) is 0 Å². The lowest BCUT2D eigenvalue weighted by molar-refractivity contribution is 0.00882. The van der Waals surface area contributed by atoms with E-state index in [2.05, 4.69) is 0 Å². The fourth-order valence-electron chi connectivity index (χ4n) is 2.39. The molecular formula is C15H25NO5S2. The summed E-state index contributed by atoms with van der Waals surface area (Å²) in [7, 11) is -3.24. The van der Waals surface area contributed by atoms with Crippen molar-refractivity contribution in [2.45, 2.75) is 38.5 Å². The minimum atomic E-state index is -3.24. The molecule has 8 heteroatoms. The zero-order chi connectivity index (χ0) is 16.9. The first-order chi connectivity index (χ1) is 11.0. The Morgan fingerprint density at radius 1 is 1.35 bits per heavy atom. The Bertz CT molecular complexity index is 582. The van der Waals surface area contributed by atoms with Crippen LogP contribution in [0.1, 0.15) is 27.2 Å². The monoisotopic (exact) mass is 363 g/mol. The van der Waals surface area contributed by atoms with Gasteiger partial charge in [-0.1, -0.05) is 13.8 Å². The van der Waals surface area contributed by atoms with Crippen molar-refractivity contribution in [2.75, 3.05) is 32.9 Å². The van der Waals surface area contributed by atoms with Gasteiger partial charge in [-0.15, -0.1) is 11.3 Å². The summed E-state index contributed by atoms with van der Waals surface area (Å²) >= 11 is 1.54. The fraction of sp³-hybridized carbons (Fsp3) is 0.733. The van der Waals surface area contributed by atoms with E-state index >= 15 is 0 Å². The summed E-state index contributed by atoms with van der Waals surface area (Å²) in [6.45, 7) is 7.67. The number of ether oxygens (including phenoxy) is 3. The smallest absolute Gasteiger partial charge is 0.216 e. The minimum absolute atomic E-state index is 0.146. The molecule has 0 spiro atoms. The molecule has 1 aromatic rings. The van der Waals surface area contributed by atoms with Crippen LogP contribution < -0.4 is 9.47 Å². The molecule has 2 heterocycles. The number of fused-ring (bicyclic) bond motifs is 1. The Balaban J connectivity index is 1.71. The van der Waals surface area contributed by atoms with Crippen LogP contribution in [0.4, 0.5) is 0 Å². The van der Waals surface area contributed by atoms with E-state index in [4.69, 9.17) is 14.2 Å². The molecule has 0 aliphatic carbocycles. The van der Waals surface area contributed by atoms with Crippen molar-refractivity contribution in [3.8, 4) is 11.5 Å². The summed E-state index contributed by atoms with van der Waals surface area (Å²) < 4.78 is 43.1. The highest BCUT2D eigenvalue weighted by Gasteiger charge is 2.27. The Kier molecular flexibility index (Phi) is 6.70. The van der Waals surface area contributed by atoms with E-state index in [0.29, 0.717) is 39.3 Å². The number of sulfonamides is 1. The minimum Gasteiger partial charge on any atom is -0.485 e. The second kappa shape index (κ2) is 8.32. The largest absolute Gasteiger partial charge is 0.485 e. The van der Waals surface area contributed by atoms with Gasteiger partial charge in [-0.25, -0.2) is 12.7 Å². The summed E-state index contributed by atoms with van der Waals surface area (Å²) in [6.07, 6.45) is 0.322. The number of hydrogen-bond acceptors (Lipinski definition) is 6. The van der Waals surface area contributed by atoms with Gasteiger partial charge in [0.25, 0.3) is 0 Å². The molecule has 0 radical (unpaired) electrons.